The molecule has 0 atom stereocenters. The van der Waals surface area contributed by atoms with Gasteiger partial charge in [0.1, 0.15) is 8.07 Å². The topological polar surface area (TPSA) is 0 Å². The van der Waals surface area contributed by atoms with E-state index in [1.807, 2.05) is 0 Å². The molecule has 5 aromatic rings. The summed E-state index contributed by atoms with van der Waals surface area (Å²) in [7, 11) is -2.21. The van der Waals surface area contributed by atoms with Crippen molar-refractivity contribution in [3.63, 3.8) is 0 Å². The first kappa shape index (κ1) is 17.0. The zero-order chi connectivity index (χ0) is 19.0. The predicted octanol–water partition coefficient (Wildman–Crippen LogP) is 5.09. The van der Waals surface area contributed by atoms with Crippen molar-refractivity contribution >= 4 is 45.2 Å². The molecule has 0 unspecified atom stereocenters. The number of hydrogen-bond donors (Lipinski definition) is 0. The molecule has 5 aromatic carbocycles. The van der Waals surface area contributed by atoms with Crippen LogP contribution in [0.1, 0.15) is 0 Å². The molecule has 134 valence electrons. The van der Waals surface area contributed by atoms with Gasteiger partial charge in [-0.15, -0.1) is 0 Å². The molecular formula is C27H22Si. The van der Waals surface area contributed by atoms with E-state index in [-0.39, 0.29) is 0 Å². The average Bonchev–Trinajstić information content (AvgIpc) is 2.78. The lowest BCUT2D eigenvalue weighted by Crippen LogP contribution is -2.65. The minimum absolute atomic E-state index is 1.31. The van der Waals surface area contributed by atoms with Crippen LogP contribution in [0.5, 0.6) is 0 Å². The van der Waals surface area contributed by atoms with E-state index in [1.165, 1.54) is 37.1 Å². The summed E-state index contributed by atoms with van der Waals surface area (Å²) in [6.45, 7) is 2.51. The Bertz CT molecular complexity index is 1180. The monoisotopic (exact) mass is 374 g/mol. The second-order valence-corrected chi connectivity index (χ2v) is 11.4. The van der Waals surface area contributed by atoms with E-state index in [1.54, 1.807) is 0 Å². The first-order chi connectivity index (χ1) is 13.8. The van der Waals surface area contributed by atoms with Gasteiger partial charge in [0.2, 0.25) is 0 Å². The van der Waals surface area contributed by atoms with Crippen LogP contribution in [0.3, 0.4) is 0 Å². The zero-order valence-electron chi connectivity index (χ0n) is 16.0. The van der Waals surface area contributed by atoms with E-state index in [4.69, 9.17) is 0 Å². The smallest absolute Gasteiger partial charge is 0.0624 e. The molecule has 0 heterocycles. The third-order valence-corrected chi connectivity index (χ3v) is 10.5. The van der Waals surface area contributed by atoms with Crippen LogP contribution in [0.15, 0.2) is 115 Å². The molecule has 0 saturated carbocycles. The predicted molar refractivity (Wildman–Crippen MR) is 125 cm³/mol. The number of benzene rings is 5. The molecule has 0 saturated heterocycles. The minimum atomic E-state index is -2.21. The van der Waals surface area contributed by atoms with Crippen LogP contribution in [-0.2, 0) is 0 Å². The fourth-order valence-corrected chi connectivity index (χ4v) is 8.71. The van der Waals surface area contributed by atoms with Crippen LogP contribution in [0.4, 0.5) is 0 Å². The molecule has 0 aromatic heterocycles. The van der Waals surface area contributed by atoms with Crippen molar-refractivity contribution in [2.24, 2.45) is 0 Å². The second-order valence-electron chi connectivity index (χ2n) is 7.54. The first-order valence-electron chi connectivity index (χ1n) is 9.80. The molecular weight excluding hydrogens is 352 g/mol. The Morgan fingerprint density at radius 1 is 0.429 bits per heavy atom. The van der Waals surface area contributed by atoms with Gasteiger partial charge in [-0.25, -0.2) is 0 Å². The van der Waals surface area contributed by atoms with E-state index in [0.29, 0.717) is 0 Å². The first-order valence-corrected chi connectivity index (χ1v) is 12.3. The fourth-order valence-electron chi connectivity index (χ4n) is 4.55. The van der Waals surface area contributed by atoms with E-state index < -0.39 is 8.07 Å². The maximum absolute atomic E-state index is 2.51. The molecule has 0 aliphatic heterocycles. The SMILES string of the molecule is C[Si](c1ccccc1)(c1cccc2ccccc12)c1cccc2ccccc12. The van der Waals surface area contributed by atoms with Gasteiger partial charge in [-0.1, -0.05) is 122 Å². The molecule has 0 bridgehead atoms. The molecule has 0 aliphatic carbocycles. The van der Waals surface area contributed by atoms with Gasteiger partial charge in [0.15, 0.2) is 0 Å². The highest BCUT2D eigenvalue weighted by Crippen LogP contribution is 2.20. The lowest BCUT2D eigenvalue weighted by molar-refractivity contribution is 1.69. The molecule has 0 nitrogen and oxygen atoms in total. The van der Waals surface area contributed by atoms with Crippen molar-refractivity contribution in [1.29, 1.82) is 0 Å². The van der Waals surface area contributed by atoms with Gasteiger partial charge in [0.05, 0.1) is 0 Å². The second kappa shape index (κ2) is 6.77. The minimum Gasteiger partial charge on any atom is -0.0624 e. The molecule has 0 radical (unpaired) electrons. The average molecular weight is 375 g/mol. The van der Waals surface area contributed by atoms with Gasteiger partial charge in [-0.2, -0.15) is 0 Å². The molecule has 0 amide bonds. The van der Waals surface area contributed by atoms with Crippen LogP contribution in [0.2, 0.25) is 6.55 Å². The Balaban J connectivity index is 1.92. The summed E-state index contributed by atoms with van der Waals surface area (Å²) in [5.74, 6) is 0. The van der Waals surface area contributed by atoms with Gasteiger partial charge >= 0.3 is 0 Å². The van der Waals surface area contributed by atoms with Gasteiger partial charge in [0.25, 0.3) is 0 Å². The molecule has 28 heavy (non-hydrogen) atoms. The zero-order valence-corrected chi connectivity index (χ0v) is 17.0. The van der Waals surface area contributed by atoms with Gasteiger partial charge in [0, 0.05) is 0 Å². The van der Waals surface area contributed by atoms with E-state index >= 15 is 0 Å². The summed E-state index contributed by atoms with van der Waals surface area (Å²) in [5, 5.41) is 9.78. The summed E-state index contributed by atoms with van der Waals surface area (Å²) in [6, 6.07) is 42.3. The Morgan fingerprint density at radius 3 is 1.39 bits per heavy atom. The normalized spacial score (nSPS) is 11.8. The van der Waals surface area contributed by atoms with Gasteiger partial charge in [-0.3, -0.25) is 0 Å². The van der Waals surface area contributed by atoms with E-state index in [0.717, 1.165) is 0 Å². The van der Waals surface area contributed by atoms with Crippen LogP contribution < -0.4 is 15.6 Å². The van der Waals surface area contributed by atoms with Crippen molar-refractivity contribution < 1.29 is 0 Å². The summed E-state index contributed by atoms with van der Waals surface area (Å²) in [4.78, 5) is 0. The summed E-state index contributed by atoms with van der Waals surface area (Å²) < 4.78 is 0. The Labute approximate surface area is 167 Å². The number of rotatable bonds is 3. The lowest BCUT2D eigenvalue weighted by atomic mass is 10.1. The maximum atomic E-state index is 2.51. The van der Waals surface area contributed by atoms with Crippen LogP contribution in [-0.4, -0.2) is 8.07 Å². The van der Waals surface area contributed by atoms with E-state index in [9.17, 15) is 0 Å². The van der Waals surface area contributed by atoms with Crippen LogP contribution in [0, 0.1) is 0 Å². The largest absolute Gasteiger partial charge is 0.147 e. The van der Waals surface area contributed by atoms with Crippen molar-refractivity contribution in [3.8, 4) is 0 Å². The van der Waals surface area contributed by atoms with Crippen LogP contribution in [0.25, 0.3) is 21.5 Å². The van der Waals surface area contributed by atoms with Crippen molar-refractivity contribution in [1.82, 2.24) is 0 Å². The Kier molecular flexibility index (Phi) is 4.11. The van der Waals surface area contributed by atoms with Gasteiger partial charge < -0.3 is 0 Å². The third kappa shape index (κ3) is 2.59. The molecule has 5 rings (SSSR count). The molecule has 0 fully saturated rings. The van der Waals surface area contributed by atoms with Crippen LogP contribution >= 0.6 is 0 Å². The molecule has 0 N–H and O–H groups in total. The highest BCUT2D eigenvalue weighted by atomic mass is 28.3. The van der Waals surface area contributed by atoms with Crippen molar-refractivity contribution in [2.45, 2.75) is 6.55 Å². The van der Waals surface area contributed by atoms with Gasteiger partial charge in [-0.05, 0) is 37.1 Å². The Morgan fingerprint density at radius 2 is 0.857 bits per heavy atom. The van der Waals surface area contributed by atoms with Crippen molar-refractivity contribution in [3.05, 3.63) is 115 Å². The quantitative estimate of drug-likeness (QED) is 0.305. The number of hydrogen-bond acceptors (Lipinski definition) is 0. The highest BCUT2D eigenvalue weighted by Gasteiger charge is 2.36. The van der Waals surface area contributed by atoms with E-state index in [2.05, 4.69) is 122 Å². The third-order valence-electron chi connectivity index (χ3n) is 6.01. The summed E-state index contributed by atoms with van der Waals surface area (Å²) >= 11 is 0. The number of fused-ring (bicyclic) bond motifs is 2. The molecule has 0 spiro atoms. The molecule has 0 aliphatic rings. The molecule has 1 heteroatoms. The standard InChI is InChI=1S/C27H22Si/c1-28(23-15-3-2-4-16-23,26-19-9-13-21-11-5-7-17-24(21)26)27-20-10-14-22-12-6-8-18-25(22)27/h2-20H,1H3. The maximum Gasteiger partial charge on any atom is 0.147 e. The fraction of sp³-hybridized carbons (Fsp3) is 0.0370. The summed E-state index contributed by atoms with van der Waals surface area (Å²) in [5.41, 5.74) is 0. The summed E-state index contributed by atoms with van der Waals surface area (Å²) in [6.07, 6.45) is 0. The highest BCUT2D eigenvalue weighted by molar-refractivity contribution is 7.12. The Hall–Kier alpha value is -3.16. The lowest BCUT2D eigenvalue weighted by Gasteiger charge is -2.32. The van der Waals surface area contributed by atoms with Crippen molar-refractivity contribution in [2.75, 3.05) is 0 Å².